The Kier molecular flexibility index (Phi) is 5.91. The Balaban J connectivity index is 1.62. The SMILES string of the molecule is CC(C)(C)OC(=O)NC[C@@H]1CCCC[C@@H]1C(=O)ON1C(=O)c2ccccc2C1=O. The molecule has 1 aromatic rings. The highest BCUT2D eigenvalue weighted by molar-refractivity contribution is 6.20. The Morgan fingerprint density at radius 2 is 1.66 bits per heavy atom. The van der Waals surface area contributed by atoms with Gasteiger partial charge in [-0.25, -0.2) is 9.59 Å². The molecule has 2 aliphatic rings. The summed E-state index contributed by atoms with van der Waals surface area (Å²) in [6, 6.07) is 6.35. The molecule has 3 rings (SSSR count). The average molecular weight is 402 g/mol. The van der Waals surface area contributed by atoms with Crippen molar-refractivity contribution in [1.29, 1.82) is 0 Å². The number of hydrogen-bond acceptors (Lipinski definition) is 6. The van der Waals surface area contributed by atoms with E-state index in [0.717, 1.165) is 19.3 Å². The molecule has 2 atom stereocenters. The van der Waals surface area contributed by atoms with E-state index in [0.29, 0.717) is 11.5 Å². The fraction of sp³-hybridized carbons (Fsp3) is 0.524. The third-order valence-corrected chi connectivity index (χ3v) is 5.06. The van der Waals surface area contributed by atoms with Crippen molar-refractivity contribution in [2.75, 3.05) is 6.54 Å². The predicted molar refractivity (Wildman–Crippen MR) is 103 cm³/mol. The second-order valence-electron chi connectivity index (χ2n) is 8.39. The quantitative estimate of drug-likeness (QED) is 0.777. The molecule has 0 aromatic heterocycles. The first kappa shape index (κ1) is 20.8. The van der Waals surface area contributed by atoms with Crippen LogP contribution in [0, 0.1) is 11.8 Å². The number of carbonyl (C=O) groups excluding carboxylic acids is 4. The van der Waals surface area contributed by atoms with E-state index in [4.69, 9.17) is 9.57 Å². The maximum absolute atomic E-state index is 12.8. The van der Waals surface area contributed by atoms with Gasteiger partial charge in [-0.05, 0) is 51.7 Å². The summed E-state index contributed by atoms with van der Waals surface area (Å²) >= 11 is 0. The first-order valence-electron chi connectivity index (χ1n) is 9.84. The summed E-state index contributed by atoms with van der Waals surface area (Å²) in [6.45, 7) is 5.58. The van der Waals surface area contributed by atoms with E-state index in [2.05, 4.69) is 5.32 Å². The van der Waals surface area contributed by atoms with Crippen LogP contribution in [-0.2, 0) is 14.4 Å². The Bertz CT molecular complexity index is 794. The van der Waals surface area contributed by atoms with Crippen molar-refractivity contribution in [3.63, 3.8) is 0 Å². The number of ether oxygens (including phenoxy) is 1. The first-order valence-corrected chi connectivity index (χ1v) is 9.84. The van der Waals surface area contributed by atoms with Crippen LogP contribution >= 0.6 is 0 Å². The molecule has 156 valence electrons. The van der Waals surface area contributed by atoms with E-state index in [1.54, 1.807) is 32.9 Å². The lowest BCUT2D eigenvalue weighted by molar-refractivity contribution is -0.177. The maximum atomic E-state index is 12.8. The number of amides is 3. The summed E-state index contributed by atoms with van der Waals surface area (Å²) in [7, 11) is 0. The number of benzene rings is 1. The van der Waals surface area contributed by atoms with Crippen LogP contribution in [0.25, 0.3) is 0 Å². The van der Waals surface area contributed by atoms with Crippen molar-refractivity contribution < 1.29 is 28.8 Å². The van der Waals surface area contributed by atoms with Crippen LogP contribution in [0.15, 0.2) is 24.3 Å². The van der Waals surface area contributed by atoms with Gasteiger partial charge in [0.15, 0.2) is 0 Å². The van der Waals surface area contributed by atoms with E-state index in [9.17, 15) is 19.2 Å². The molecule has 29 heavy (non-hydrogen) atoms. The second kappa shape index (κ2) is 8.23. The summed E-state index contributed by atoms with van der Waals surface area (Å²) in [5.41, 5.74) is -0.172. The number of hydrogen-bond donors (Lipinski definition) is 1. The molecule has 1 saturated carbocycles. The lowest BCUT2D eigenvalue weighted by Gasteiger charge is -2.30. The molecule has 0 radical (unpaired) electrons. The molecule has 1 heterocycles. The van der Waals surface area contributed by atoms with Crippen molar-refractivity contribution in [1.82, 2.24) is 10.4 Å². The lowest BCUT2D eigenvalue weighted by atomic mass is 9.79. The van der Waals surface area contributed by atoms with E-state index in [1.165, 1.54) is 12.1 Å². The molecule has 0 saturated heterocycles. The molecule has 1 aliphatic carbocycles. The topological polar surface area (TPSA) is 102 Å². The Morgan fingerprint density at radius 1 is 1.07 bits per heavy atom. The van der Waals surface area contributed by atoms with Gasteiger partial charge in [-0.1, -0.05) is 30.0 Å². The number of alkyl carbamates (subject to hydrolysis) is 1. The van der Waals surface area contributed by atoms with E-state index < -0.39 is 35.4 Å². The van der Waals surface area contributed by atoms with Gasteiger partial charge in [-0.3, -0.25) is 9.59 Å². The van der Waals surface area contributed by atoms with Crippen LogP contribution < -0.4 is 5.32 Å². The van der Waals surface area contributed by atoms with Crippen LogP contribution in [0.5, 0.6) is 0 Å². The zero-order valence-electron chi connectivity index (χ0n) is 16.9. The number of nitrogens with one attached hydrogen (secondary N) is 1. The van der Waals surface area contributed by atoms with Crippen molar-refractivity contribution in [3.05, 3.63) is 35.4 Å². The summed E-state index contributed by atoms with van der Waals surface area (Å²) < 4.78 is 5.23. The van der Waals surface area contributed by atoms with Crippen molar-refractivity contribution >= 4 is 23.9 Å². The van der Waals surface area contributed by atoms with Gasteiger partial charge < -0.3 is 14.9 Å². The molecule has 0 spiro atoms. The van der Waals surface area contributed by atoms with Crippen LogP contribution in [0.4, 0.5) is 4.79 Å². The summed E-state index contributed by atoms with van der Waals surface area (Å²) in [6.07, 6.45) is 2.53. The van der Waals surface area contributed by atoms with Gasteiger partial charge in [0.05, 0.1) is 17.0 Å². The number of hydroxylamine groups is 2. The fourth-order valence-electron chi connectivity index (χ4n) is 3.70. The number of rotatable bonds is 4. The zero-order chi connectivity index (χ0) is 21.2. The van der Waals surface area contributed by atoms with Gasteiger partial charge in [0, 0.05) is 6.54 Å². The maximum Gasteiger partial charge on any atom is 0.407 e. The Labute approximate surface area is 169 Å². The standard InChI is InChI=1S/C21H26N2O6/c1-21(2,3)28-20(27)22-12-13-8-4-5-9-14(13)19(26)29-23-17(24)15-10-6-7-11-16(15)18(23)25/h6-7,10-11,13-14H,4-5,8-9,12H2,1-3H3,(H,22,27)/t13-,14-/m0/s1. The van der Waals surface area contributed by atoms with Crippen LogP contribution in [0.3, 0.4) is 0 Å². The number of nitrogens with zero attached hydrogens (tertiary/aromatic N) is 1. The molecule has 8 nitrogen and oxygen atoms in total. The van der Waals surface area contributed by atoms with Gasteiger partial charge in [-0.2, -0.15) is 0 Å². The molecular formula is C21H26N2O6. The Hall–Kier alpha value is -2.90. The van der Waals surface area contributed by atoms with Crippen molar-refractivity contribution in [2.45, 2.75) is 52.1 Å². The van der Waals surface area contributed by atoms with Gasteiger partial charge in [-0.15, -0.1) is 0 Å². The van der Waals surface area contributed by atoms with Gasteiger partial charge in [0.25, 0.3) is 11.8 Å². The number of imide groups is 1. The smallest absolute Gasteiger partial charge is 0.407 e. The Morgan fingerprint density at radius 3 is 2.24 bits per heavy atom. The highest BCUT2D eigenvalue weighted by Crippen LogP contribution is 2.32. The van der Waals surface area contributed by atoms with E-state index in [-0.39, 0.29) is 23.6 Å². The normalized spacial score (nSPS) is 21.6. The third kappa shape index (κ3) is 4.75. The van der Waals surface area contributed by atoms with E-state index in [1.807, 2.05) is 0 Å². The molecule has 1 fully saturated rings. The summed E-state index contributed by atoms with van der Waals surface area (Å²) in [4.78, 5) is 54.7. The molecule has 3 amide bonds. The fourth-order valence-corrected chi connectivity index (χ4v) is 3.70. The molecule has 0 bridgehead atoms. The van der Waals surface area contributed by atoms with E-state index >= 15 is 0 Å². The molecule has 1 N–H and O–H groups in total. The van der Waals surface area contributed by atoms with Gasteiger partial charge in [0.1, 0.15) is 5.60 Å². The van der Waals surface area contributed by atoms with Gasteiger partial charge >= 0.3 is 12.1 Å². The first-order chi connectivity index (χ1) is 13.7. The zero-order valence-corrected chi connectivity index (χ0v) is 16.9. The average Bonchev–Trinajstić information content (AvgIpc) is 2.90. The number of carbonyl (C=O) groups is 4. The van der Waals surface area contributed by atoms with Gasteiger partial charge in [0.2, 0.25) is 0 Å². The summed E-state index contributed by atoms with van der Waals surface area (Å²) in [5.74, 6) is -2.58. The molecular weight excluding hydrogens is 376 g/mol. The predicted octanol–water partition coefficient (Wildman–Crippen LogP) is 3.07. The lowest BCUT2D eigenvalue weighted by Crippen LogP contribution is -2.42. The minimum absolute atomic E-state index is 0.154. The molecule has 1 aromatic carbocycles. The van der Waals surface area contributed by atoms with Crippen molar-refractivity contribution in [3.8, 4) is 0 Å². The monoisotopic (exact) mass is 402 g/mol. The number of fused-ring (bicyclic) bond motifs is 1. The largest absolute Gasteiger partial charge is 0.444 e. The highest BCUT2D eigenvalue weighted by Gasteiger charge is 2.41. The summed E-state index contributed by atoms with van der Waals surface area (Å²) in [5, 5.41) is 3.24. The second-order valence-corrected chi connectivity index (χ2v) is 8.39. The van der Waals surface area contributed by atoms with Crippen molar-refractivity contribution in [2.24, 2.45) is 11.8 Å². The third-order valence-electron chi connectivity index (χ3n) is 5.06. The van der Waals surface area contributed by atoms with Crippen LogP contribution in [-0.4, -0.2) is 41.1 Å². The van der Waals surface area contributed by atoms with Crippen LogP contribution in [0.1, 0.15) is 67.2 Å². The minimum Gasteiger partial charge on any atom is -0.444 e. The van der Waals surface area contributed by atoms with Crippen LogP contribution in [0.2, 0.25) is 0 Å². The minimum atomic E-state index is -0.641. The molecule has 8 heteroatoms. The molecule has 1 aliphatic heterocycles. The highest BCUT2D eigenvalue weighted by atomic mass is 16.7. The molecule has 0 unspecified atom stereocenters.